The summed E-state index contributed by atoms with van der Waals surface area (Å²) < 4.78 is 23.6. The van der Waals surface area contributed by atoms with Crippen molar-refractivity contribution in [3.8, 4) is 0 Å². The number of phosphoric acid groups is 1. The standard InChI is InChI=1S/C63H115N2O7P/c1-6-8-10-12-14-16-18-20-21-22-23-24-25-26-27-28-29-30-31-32-33-34-35-36-37-38-39-40-41-42-43-44-46-48-50-52-54-56-62(67)64-60(59-72-73(69,70)71-58-57-65(3,4)5)63(68)61(66)55-53-51-49-47-45-19-17-15-13-11-9-7-2/h7-10,14-17,20-21,23-24,47,49,60-61,63,66,68H,6,11-13,18-19,22,25-46,48,50-59H2,1-5H3,(H-,64,67,69,70)/p+1/b9-7+,10-8-,16-14-,17-15+,21-20-,24-23-,49-47+. The van der Waals surface area contributed by atoms with Crippen LogP contribution in [0.2, 0.25) is 0 Å². The number of allylic oxidation sites excluding steroid dienone is 14. The Balaban J connectivity index is 4.00. The summed E-state index contributed by atoms with van der Waals surface area (Å²) in [7, 11) is 1.40. The molecule has 0 aliphatic rings. The Morgan fingerprint density at radius 1 is 0.507 bits per heavy atom. The van der Waals surface area contributed by atoms with Gasteiger partial charge in [0.05, 0.1) is 39.9 Å². The number of phosphoric ester groups is 1. The number of aliphatic hydroxyl groups excluding tert-OH is 2. The number of likely N-dealkylation sites (N-methyl/N-ethyl adjacent to an activating group) is 1. The summed E-state index contributed by atoms with van der Waals surface area (Å²) in [5.41, 5.74) is 0. The Bertz CT molecular complexity index is 1480. The van der Waals surface area contributed by atoms with E-state index in [2.05, 4.69) is 97.3 Å². The fraction of sp³-hybridized carbons (Fsp3) is 0.762. The molecule has 4 unspecified atom stereocenters. The first-order valence-electron chi connectivity index (χ1n) is 30.0. The first-order chi connectivity index (χ1) is 35.4. The van der Waals surface area contributed by atoms with E-state index in [0.29, 0.717) is 23.9 Å². The van der Waals surface area contributed by atoms with E-state index in [4.69, 9.17) is 9.05 Å². The predicted molar refractivity (Wildman–Crippen MR) is 315 cm³/mol. The van der Waals surface area contributed by atoms with Gasteiger partial charge >= 0.3 is 7.82 Å². The smallest absolute Gasteiger partial charge is 0.390 e. The molecule has 0 bridgehead atoms. The summed E-state index contributed by atoms with van der Waals surface area (Å²) >= 11 is 0. The molecule has 0 spiro atoms. The van der Waals surface area contributed by atoms with Crippen LogP contribution < -0.4 is 5.32 Å². The fourth-order valence-corrected chi connectivity index (χ4v) is 9.32. The fourth-order valence-electron chi connectivity index (χ4n) is 8.59. The summed E-state index contributed by atoms with van der Waals surface area (Å²) in [4.78, 5) is 23.3. The third kappa shape index (κ3) is 54.2. The Morgan fingerprint density at radius 3 is 1.32 bits per heavy atom. The van der Waals surface area contributed by atoms with Gasteiger partial charge in [0.2, 0.25) is 5.91 Å². The number of quaternary nitrogens is 1. The molecule has 0 rings (SSSR count). The number of nitrogens with zero attached hydrogens (tertiary/aromatic N) is 1. The van der Waals surface area contributed by atoms with Gasteiger partial charge in [-0.25, -0.2) is 4.57 Å². The summed E-state index contributed by atoms with van der Waals surface area (Å²) in [6, 6.07) is -1.06. The maximum absolute atomic E-state index is 13.0. The Kier molecular flexibility index (Phi) is 51.3. The molecule has 0 radical (unpaired) electrons. The second-order valence-electron chi connectivity index (χ2n) is 21.5. The zero-order valence-electron chi connectivity index (χ0n) is 48.0. The van der Waals surface area contributed by atoms with Gasteiger partial charge < -0.3 is 24.9 Å². The highest BCUT2D eigenvalue weighted by molar-refractivity contribution is 7.47. The molecular weight excluding hydrogens is 928 g/mol. The number of rotatable bonds is 54. The van der Waals surface area contributed by atoms with Gasteiger partial charge in [-0.2, -0.15) is 0 Å². The molecule has 0 aliphatic heterocycles. The molecule has 0 aliphatic carbocycles. The lowest BCUT2D eigenvalue weighted by atomic mass is 10.0. The highest BCUT2D eigenvalue weighted by Gasteiger charge is 2.31. The van der Waals surface area contributed by atoms with E-state index in [0.717, 1.165) is 77.0 Å². The molecule has 424 valence electrons. The molecule has 4 atom stereocenters. The van der Waals surface area contributed by atoms with Gasteiger partial charge in [-0.15, -0.1) is 0 Å². The maximum Gasteiger partial charge on any atom is 0.472 e. The average Bonchev–Trinajstić information content (AvgIpc) is 3.35. The van der Waals surface area contributed by atoms with Crippen molar-refractivity contribution in [2.45, 2.75) is 270 Å². The minimum atomic E-state index is -4.44. The highest BCUT2D eigenvalue weighted by atomic mass is 31.2. The van der Waals surface area contributed by atoms with Gasteiger partial charge in [0.25, 0.3) is 0 Å². The van der Waals surface area contributed by atoms with E-state index in [1.165, 1.54) is 141 Å². The van der Waals surface area contributed by atoms with E-state index < -0.39 is 32.7 Å². The molecule has 0 heterocycles. The molecule has 0 saturated heterocycles. The maximum atomic E-state index is 13.0. The van der Waals surface area contributed by atoms with Gasteiger partial charge in [-0.05, 0) is 96.8 Å². The third-order valence-corrected chi connectivity index (χ3v) is 14.3. The summed E-state index contributed by atoms with van der Waals surface area (Å²) in [6.45, 7) is 4.26. The number of nitrogens with one attached hydrogen (secondary N) is 1. The average molecular weight is 1040 g/mol. The molecule has 0 aromatic carbocycles. The van der Waals surface area contributed by atoms with E-state index >= 15 is 0 Å². The molecule has 1 amide bonds. The van der Waals surface area contributed by atoms with Gasteiger partial charge in [0, 0.05) is 6.42 Å². The van der Waals surface area contributed by atoms with Crippen LogP contribution in [0.15, 0.2) is 85.1 Å². The first kappa shape index (κ1) is 70.6. The molecule has 9 nitrogen and oxygen atoms in total. The zero-order chi connectivity index (χ0) is 53.6. The van der Waals surface area contributed by atoms with Crippen LogP contribution in [0.1, 0.15) is 251 Å². The van der Waals surface area contributed by atoms with Crippen LogP contribution in [0.5, 0.6) is 0 Å². The van der Waals surface area contributed by atoms with Crippen LogP contribution in [-0.4, -0.2) is 84.6 Å². The second kappa shape index (κ2) is 53.1. The zero-order valence-corrected chi connectivity index (χ0v) is 48.9. The molecule has 0 saturated carbocycles. The van der Waals surface area contributed by atoms with Crippen LogP contribution in [0, 0.1) is 0 Å². The molecule has 0 fully saturated rings. The number of carbonyl (C=O) groups excluding carboxylic acids is 1. The Labute approximate surface area is 450 Å². The van der Waals surface area contributed by atoms with Gasteiger partial charge in [-0.1, -0.05) is 233 Å². The van der Waals surface area contributed by atoms with Crippen molar-refractivity contribution in [3.05, 3.63) is 85.1 Å². The van der Waals surface area contributed by atoms with E-state index in [1.807, 2.05) is 28.1 Å². The van der Waals surface area contributed by atoms with E-state index in [1.54, 1.807) is 0 Å². The van der Waals surface area contributed by atoms with Crippen molar-refractivity contribution in [2.24, 2.45) is 0 Å². The quantitative estimate of drug-likeness (QED) is 0.0207. The van der Waals surface area contributed by atoms with E-state index in [-0.39, 0.29) is 18.9 Å². The SMILES string of the molecule is C/C=C/CC/C=C/CC/C=C/CCCC(O)C(O)C(COP(=O)(O)OCC[N+](C)(C)C)NC(=O)CCCCCCCCCCCCCCCCCCCCCCCCCC/C=C\C/C=C\C/C=C\C/C=C\CC. The van der Waals surface area contributed by atoms with Crippen LogP contribution in [-0.2, 0) is 18.4 Å². The van der Waals surface area contributed by atoms with Crippen molar-refractivity contribution < 1.29 is 38.0 Å². The van der Waals surface area contributed by atoms with Crippen LogP contribution >= 0.6 is 7.82 Å². The Hall–Kier alpha value is -2.36. The van der Waals surface area contributed by atoms with Gasteiger partial charge in [0.15, 0.2) is 0 Å². The number of aliphatic hydroxyl groups is 2. The predicted octanol–water partition coefficient (Wildman–Crippen LogP) is 17.4. The molecule has 0 aromatic heterocycles. The van der Waals surface area contributed by atoms with Gasteiger partial charge in [-0.3, -0.25) is 13.8 Å². The van der Waals surface area contributed by atoms with Crippen LogP contribution in [0.25, 0.3) is 0 Å². The van der Waals surface area contributed by atoms with Gasteiger partial charge in [0.1, 0.15) is 19.3 Å². The normalized spacial score (nSPS) is 14.9. The highest BCUT2D eigenvalue weighted by Crippen LogP contribution is 2.43. The minimum absolute atomic E-state index is 0.0110. The summed E-state index contributed by atoms with van der Waals surface area (Å²) in [6.07, 6.45) is 71.5. The third-order valence-electron chi connectivity index (χ3n) is 13.3. The molecule has 73 heavy (non-hydrogen) atoms. The first-order valence-corrected chi connectivity index (χ1v) is 31.5. The largest absolute Gasteiger partial charge is 0.472 e. The lowest BCUT2D eigenvalue weighted by molar-refractivity contribution is -0.870. The molecular formula is C63H116N2O7P+. The number of carbonyl (C=O) groups is 1. The van der Waals surface area contributed by atoms with Crippen molar-refractivity contribution >= 4 is 13.7 Å². The van der Waals surface area contributed by atoms with Crippen molar-refractivity contribution in [1.29, 1.82) is 0 Å². The molecule has 10 heteroatoms. The van der Waals surface area contributed by atoms with Crippen LogP contribution in [0.3, 0.4) is 0 Å². The van der Waals surface area contributed by atoms with Crippen LogP contribution in [0.4, 0.5) is 0 Å². The van der Waals surface area contributed by atoms with Crippen molar-refractivity contribution in [2.75, 3.05) is 40.9 Å². The van der Waals surface area contributed by atoms with E-state index in [9.17, 15) is 24.5 Å². The summed E-state index contributed by atoms with van der Waals surface area (Å²) in [5.74, 6) is -0.274. The number of amides is 1. The Morgan fingerprint density at radius 2 is 0.877 bits per heavy atom. The molecule has 4 N–H and O–H groups in total. The second-order valence-corrected chi connectivity index (χ2v) is 22.9. The summed E-state index contributed by atoms with van der Waals surface area (Å²) in [5, 5.41) is 24.7. The number of unbranched alkanes of at least 4 members (excludes halogenated alkanes) is 27. The topological polar surface area (TPSA) is 125 Å². The minimum Gasteiger partial charge on any atom is -0.390 e. The van der Waals surface area contributed by atoms with Crippen molar-refractivity contribution in [3.63, 3.8) is 0 Å². The number of hydrogen-bond acceptors (Lipinski definition) is 6. The van der Waals surface area contributed by atoms with Crippen molar-refractivity contribution in [1.82, 2.24) is 5.32 Å². The monoisotopic (exact) mass is 1040 g/mol. The lowest BCUT2D eigenvalue weighted by Gasteiger charge is -2.28. The lowest BCUT2D eigenvalue weighted by Crippen LogP contribution is -2.51. The number of hydrogen-bond donors (Lipinski definition) is 4. The molecule has 0 aromatic rings.